The summed E-state index contributed by atoms with van der Waals surface area (Å²) in [5, 5.41) is 17.5. The number of aliphatic hydroxyl groups is 2. The van der Waals surface area contributed by atoms with Crippen molar-refractivity contribution in [3.63, 3.8) is 0 Å². The molecule has 0 spiro atoms. The van der Waals surface area contributed by atoms with E-state index in [1.165, 1.54) is 0 Å². The van der Waals surface area contributed by atoms with Gasteiger partial charge in [0.2, 0.25) is 0 Å². The van der Waals surface area contributed by atoms with Crippen LogP contribution in [0.4, 0.5) is 0 Å². The molecule has 2 atom stereocenters. The summed E-state index contributed by atoms with van der Waals surface area (Å²) in [4.78, 5) is 0. The number of rotatable bonds is 3. The Morgan fingerprint density at radius 2 is 2.00 bits per heavy atom. The Morgan fingerprint density at radius 3 is 2.12 bits per heavy atom. The molecule has 0 amide bonds. The highest BCUT2D eigenvalue weighted by atomic mass is 16.3. The van der Waals surface area contributed by atoms with E-state index in [1.54, 1.807) is 13.3 Å². The highest BCUT2D eigenvalue weighted by molar-refractivity contribution is 4.77. The van der Waals surface area contributed by atoms with Crippen molar-refractivity contribution in [2.45, 2.75) is 32.5 Å². The van der Waals surface area contributed by atoms with Gasteiger partial charge in [0.25, 0.3) is 0 Å². The molecule has 0 aromatic heterocycles. The minimum Gasteiger partial charge on any atom is -0.391 e. The molecule has 2 nitrogen and oxygen atoms in total. The number of hydrogen-bond acceptors (Lipinski definition) is 2. The maximum Gasteiger partial charge on any atom is 0.0827 e. The van der Waals surface area contributed by atoms with Crippen LogP contribution >= 0.6 is 0 Å². The van der Waals surface area contributed by atoms with Gasteiger partial charge in [-0.15, -0.1) is 0 Å². The third-order valence-corrected chi connectivity index (χ3v) is 0.971. The Labute approximate surface area is 50.2 Å². The van der Waals surface area contributed by atoms with E-state index in [4.69, 9.17) is 10.2 Å². The lowest BCUT2D eigenvalue weighted by molar-refractivity contribution is 0.0505. The third-order valence-electron chi connectivity index (χ3n) is 0.971. The van der Waals surface area contributed by atoms with Gasteiger partial charge in [0, 0.05) is 0 Å². The van der Waals surface area contributed by atoms with Crippen LogP contribution in [0, 0.1) is 6.42 Å². The third kappa shape index (κ3) is 2.99. The molecule has 0 aliphatic carbocycles. The van der Waals surface area contributed by atoms with Crippen LogP contribution in [0.25, 0.3) is 0 Å². The van der Waals surface area contributed by atoms with Crippen molar-refractivity contribution in [2.75, 3.05) is 0 Å². The van der Waals surface area contributed by atoms with Crippen molar-refractivity contribution in [3.8, 4) is 0 Å². The molecule has 0 saturated carbocycles. The Bertz CT molecular complexity index is 52.5. The summed E-state index contributed by atoms with van der Waals surface area (Å²) in [6.45, 7) is 3.49. The van der Waals surface area contributed by atoms with Crippen LogP contribution in [0.5, 0.6) is 0 Å². The van der Waals surface area contributed by atoms with Crippen LogP contribution in [0.1, 0.15) is 20.3 Å². The van der Waals surface area contributed by atoms with Crippen LogP contribution in [-0.2, 0) is 0 Å². The molecule has 0 aliphatic rings. The lowest BCUT2D eigenvalue weighted by Gasteiger charge is -2.10. The molecular formula is C6H13O2. The Hall–Kier alpha value is -0.0800. The van der Waals surface area contributed by atoms with Gasteiger partial charge in [0.05, 0.1) is 12.2 Å². The molecule has 0 aromatic rings. The molecule has 0 rings (SSSR count). The molecule has 2 unspecified atom stereocenters. The molecule has 0 saturated heterocycles. The first-order valence-electron chi connectivity index (χ1n) is 2.88. The molecule has 1 radical (unpaired) electrons. The highest BCUT2D eigenvalue weighted by Gasteiger charge is 2.07. The highest BCUT2D eigenvalue weighted by Crippen LogP contribution is 1.98. The van der Waals surface area contributed by atoms with Crippen LogP contribution in [-0.4, -0.2) is 22.4 Å². The van der Waals surface area contributed by atoms with E-state index in [0.717, 1.165) is 6.42 Å². The van der Waals surface area contributed by atoms with Crippen molar-refractivity contribution in [1.29, 1.82) is 0 Å². The molecule has 2 N–H and O–H groups in total. The second kappa shape index (κ2) is 3.87. The van der Waals surface area contributed by atoms with E-state index in [9.17, 15) is 0 Å². The summed E-state index contributed by atoms with van der Waals surface area (Å²) in [5.41, 5.74) is 0. The smallest absolute Gasteiger partial charge is 0.0827 e. The summed E-state index contributed by atoms with van der Waals surface area (Å²) in [5.74, 6) is 0. The Kier molecular flexibility index (Phi) is 3.83. The van der Waals surface area contributed by atoms with Crippen LogP contribution in [0.2, 0.25) is 0 Å². The van der Waals surface area contributed by atoms with Crippen molar-refractivity contribution in [1.82, 2.24) is 0 Å². The predicted octanol–water partition coefficient (Wildman–Crippen LogP) is 0.342. The molecule has 0 aliphatic heterocycles. The zero-order valence-corrected chi connectivity index (χ0v) is 5.33. The summed E-state index contributed by atoms with van der Waals surface area (Å²) >= 11 is 0. The summed E-state index contributed by atoms with van der Waals surface area (Å²) < 4.78 is 0. The molecule has 0 aromatic carbocycles. The van der Waals surface area contributed by atoms with Gasteiger partial charge in [-0.3, -0.25) is 0 Å². The van der Waals surface area contributed by atoms with Gasteiger partial charge < -0.3 is 10.2 Å². The van der Waals surface area contributed by atoms with Crippen molar-refractivity contribution in [3.05, 3.63) is 6.42 Å². The predicted molar refractivity (Wildman–Crippen MR) is 32.3 cm³/mol. The molecule has 0 fully saturated rings. The van der Waals surface area contributed by atoms with Gasteiger partial charge in [0.15, 0.2) is 0 Å². The standard InChI is InChI=1S/C6H13O2/c1-3-4-6(8)5(2)7/h4-8H,3H2,1-2H3. The first-order chi connectivity index (χ1) is 3.68. The zero-order chi connectivity index (χ0) is 6.57. The number of aliphatic hydroxyl groups excluding tert-OH is 2. The monoisotopic (exact) mass is 117 g/mol. The van der Waals surface area contributed by atoms with Crippen molar-refractivity contribution < 1.29 is 10.2 Å². The number of hydrogen-bond donors (Lipinski definition) is 2. The molecule has 8 heavy (non-hydrogen) atoms. The van der Waals surface area contributed by atoms with Gasteiger partial charge in [0.1, 0.15) is 0 Å². The van der Waals surface area contributed by atoms with Crippen LogP contribution in [0.15, 0.2) is 0 Å². The van der Waals surface area contributed by atoms with E-state index in [0.29, 0.717) is 0 Å². The topological polar surface area (TPSA) is 40.5 Å². The molecule has 2 heteroatoms. The van der Waals surface area contributed by atoms with E-state index >= 15 is 0 Å². The van der Waals surface area contributed by atoms with E-state index < -0.39 is 12.2 Å². The first-order valence-corrected chi connectivity index (χ1v) is 2.88. The first kappa shape index (κ1) is 7.92. The fourth-order valence-electron chi connectivity index (χ4n) is 0.438. The lowest BCUT2D eigenvalue weighted by Crippen LogP contribution is -2.22. The van der Waals surface area contributed by atoms with E-state index in [1.807, 2.05) is 6.92 Å². The fraction of sp³-hybridized carbons (Fsp3) is 0.833. The second-order valence-electron chi connectivity index (χ2n) is 1.88. The normalized spacial score (nSPS) is 18.0. The van der Waals surface area contributed by atoms with Crippen LogP contribution < -0.4 is 0 Å². The SMILES string of the molecule is CC[CH]C(O)C(C)O. The fourth-order valence-corrected chi connectivity index (χ4v) is 0.438. The summed E-state index contributed by atoms with van der Waals surface area (Å²) in [7, 11) is 0. The Morgan fingerprint density at radius 1 is 1.50 bits per heavy atom. The van der Waals surface area contributed by atoms with Gasteiger partial charge in [-0.2, -0.15) is 0 Å². The maximum absolute atomic E-state index is 8.82. The van der Waals surface area contributed by atoms with E-state index in [2.05, 4.69) is 0 Å². The quantitative estimate of drug-likeness (QED) is 0.559. The maximum atomic E-state index is 8.82. The van der Waals surface area contributed by atoms with Crippen LogP contribution in [0.3, 0.4) is 0 Å². The van der Waals surface area contributed by atoms with E-state index in [-0.39, 0.29) is 0 Å². The van der Waals surface area contributed by atoms with Gasteiger partial charge in [-0.05, 0) is 13.3 Å². The summed E-state index contributed by atoms with van der Waals surface area (Å²) in [6.07, 6.45) is 1.19. The molecule has 0 heterocycles. The minimum atomic E-state index is -0.653. The average molecular weight is 117 g/mol. The van der Waals surface area contributed by atoms with Gasteiger partial charge >= 0.3 is 0 Å². The molecule has 0 bridgehead atoms. The van der Waals surface area contributed by atoms with Gasteiger partial charge in [-0.1, -0.05) is 13.3 Å². The van der Waals surface area contributed by atoms with Crippen molar-refractivity contribution >= 4 is 0 Å². The molecular weight excluding hydrogens is 104 g/mol. The van der Waals surface area contributed by atoms with Crippen molar-refractivity contribution in [2.24, 2.45) is 0 Å². The minimum absolute atomic E-state index is 0.630. The lowest BCUT2D eigenvalue weighted by atomic mass is 10.1. The molecule has 49 valence electrons. The van der Waals surface area contributed by atoms with Gasteiger partial charge in [-0.25, -0.2) is 0 Å². The Balaban J connectivity index is 3.17. The second-order valence-corrected chi connectivity index (χ2v) is 1.88. The largest absolute Gasteiger partial charge is 0.391 e. The zero-order valence-electron chi connectivity index (χ0n) is 5.33. The average Bonchev–Trinajstić information content (AvgIpc) is 1.67. The summed E-state index contributed by atoms with van der Waals surface area (Å²) in [6, 6.07) is 0.